The molecule has 2 N–H and O–H groups in total. The number of amides is 1. The molecule has 0 unspecified atom stereocenters. The first-order chi connectivity index (χ1) is 11.1. The average molecular weight is 337 g/mol. The maximum atomic E-state index is 12.5. The third kappa shape index (κ3) is 2.53. The highest BCUT2D eigenvalue weighted by Crippen LogP contribution is 2.65. The van der Waals surface area contributed by atoms with Crippen LogP contribution in [0.2, 0.25) is 0 Å². The number of carbonyl (C=O) groups excluding carboxylic acids is 1. The van der Waals surface area contributed by atoms with E-state index in [0.29, 0.717) is 11.8 Å². The molecule has 1 saturated heterocycles. The number of carbonyl (C=O) groups is 1. The van der Waals surface area contributed by atoms with Crippen LogP contribution in [-0.2, 0) is 14.1 Å². The van der Waals surface area contributed by atoms with Crippen molar-refractivity contribution >= 4 is 13.0 Å². The highest BCUT2D eigenvalue weighted by atomic mass is 16.7. The zero-order chi connectivity index (χ0) is 17.9. The summed E-state index contributed by atoms with van der Waals surface area (Å²) in [6, 6.07) is 0. The highest BCUT2D eigenvalue weighted by molar-refractivity contribution is 6.48. The molecule has 1 aliphatic heterocycles. The Morgan fingerprint density at radius 2 is 2.04 bits per heavy atom. The lowest BCUT2D eigenvalue weighted by atomic mass is 9.43. The summed E-state index contributed by atoms with van der Waals surface area (Å²) >= 11 is 0. The van der Waals surface area contributed by atoms with Gasteiger partial charge >= 0.3 is 7.12 Å². The van der Waals surface area contributed by atoms with E-state index in [0.717, 1.165) is 12.8 Å². The summed E-state index contributed by atoms with van der Waals surface area (Å²) in [6.45, 7) is 12.4. The van der Waals surface area contributed by atoms with Gasteiger partial charge in [-0.05, 0) is 43.4 Å². The van der Waals surface area contributed by atoms with Crippen LogP contribution in [0.1, 0.15) is 60.8 Å². The molecule has 4 aliphatic rings. The number of hydrogen-bond donors (Lipinski definition) is 2. The normalized spacial score (nSPS) is 38.3. The first-order valence-electron chi connectivity index (χ1n) is 9.31. The Morgan fingerprint density at radius 3 is 2.58 bits per heavy atom. The number of rotatable bonds is 5. The van der Waals surface area contributed by atoms with E-state index in [-0.39, 0.29) is 29.6 Å². The first kappa shape index (κ1) is 18.2. The summed E-state index contributed by atoms with van der Waals surface area (Å²) in [7, 11) is -0.572. The summed E-state index contributed by atoms with van der Waals surface area (Å²) in [5, 5.41) is 12.7. The zero-order valence-electron chi connectivity index (χ0n) is 15.9. The molecule has 6 heteroatoms. The van der Waals surface area contributed by atoms with Gasteiger partial charge in [0.25, 0.3) is 0 Å². The average Bonchev–Trinajstić information content (AvgIpc) is 2.88. The molecule has 5 nitrogen and oxygen atoms in total. The van der Waals surface area contributed by atoms with Crippen LogP contribution in [0.15, 0.2) is 0 Å². The molecule has 3 aliphatic carbocycles. The molecule has 2 bridgehead atoms. The Hall–Kier alpha value is -0.585. The van der Waals surface area contributed by atoms with Gasteiger partial charge < -0.3 is 19.7 Å². The van der Waals surface area contributed by atoms with Crippen LogP contribution < -0.4 is 5.32 Å². The van der Waals surface area contributed by atoms with Crippen molar-refractivity contribution in [2.24, 2.45) is 22.7 Å². The van der Waals surface area contributed by atoms with Crippen molar-refractivity contribution < 1.29 is 19.2 Å². The predicted octanol–water partition coefficient (Wildman–Crippen LogP) is 2.17. The van der Waals surface area contributed by atoms with Crippen LogP contribution in [0, 0.1) is 22.7 Å². The third-order valence-corrected chi connectivity index (χ3v) is 7.31. The monoisotopic (exact) mass is 337 g/mol. The fourth-order valence-electron chi connectivity index (χ4n) is 4.80. The molecular formula is C18H32BNO4. The van der Waals surface area contributed by atoms with Gasteiger partial charge in [-0.2, -0.15) is 0 Å². The predicted molar refractivity (Wildman–Crippen MR) is 93.2 cm³/mol. The second-order valence-corrected chi connectivity index (χ2v) is 9.34. The van der Waals surface area contributed by atoms with Gasteiger partial charge in [0.1, 0.15) is 0 Å². The summed E-state index contributed by atoms with van der Waals surface area (Å²) in [5.74, 6) is 0.567. The lowest BCUT2D eigenvalue weighted by Crippen LogP contribution is -2.65. The Morgan fingerprint density at radius 1 is 1.38 bits per heavy atom. The standard InChI is InChI=1S/C18H32BNO4/c1-7-16(2,3)15(22)20-14(10-21)19-23-13-9-11-8-12(17(11,4)5)18(13,6)24-19/h11-14,21H,7-10H2,1-6H3,(H,20,22)/t11-,12-,13+,14-,18-/m0/s1. The van der Waals surface area contributed by atoms with Gasteiger partial charge in [0.2, 0.25) is 5.91 Å². The molecule has 3 saturated carbocycles. The van der Waals surface area contributed by atoms with Crippen LogP contribution in [0.4, 0.5) is 0 Å². The van der Waals surface area contributed by atoms with E-state index in [9.17, 15) is 9.90 Å². The number of aliphatic hydroxyl groups is 1. The second kappa shape index (κ2) is 5.71. The van der Waals surface area contributed by atoms with Gasteiger partial charge in [0, 0.05) is 5.41 Å². The zero-order valence-corrected chi connectivity index (χ0v) is 15.9. The minimum atomic E-state index is -0.572. The van der Waals surface area contributed by atoms with Gasteiger partial charge in [0.05, 0.1) is 24.3 Å². The number of nitrogens with one attached hydrogen (secondary N) is 1. The fraction of sp³-hybridized carbons (Fsp3) is 0.944. The SMILES string of the molecule is CCC(C)(C)C(=O)N[C@@H](CO)B1O[C@@H]2C[C@@H]3C[C@@H](C3(C)C)[C@]2(C)O1. The van der Waals surface area contributed by atoms with Gasteiger partial charge in [-0.3, -0.25) is 4.79 Å². The van der Waals surface area contributed by atoms with Crippen LogP contribution in [0.5, 0.6) is 0 Å². The summed E-state index contributed by atoms with van der Waals surface area (Å²) < 4.78 is 12.5. The minimum Gasteiger partial charge on any atom is -0.404 e. The van der Waals surface area contributed by atoms with Crippen molar-refractivity contribution in [3.63, 3.8) is 0 Å². The lowest BCUT2D eigenvalue weighted by Gasteiger charge is -2.64. The molecule has 1 amide bonds. The molecule has 1 heterocycles. The summed E-state index contributed by atoms with van der Waals surface area (Å²) in [5.41, 5.74) is -0.501. The molecule has 24 heavy (non-hydrogen) atoms. The molecule has 0 radical (unpaired) electrons. The molecule has 0 spiro atoms. The maximum Gasteiger partial charge on any atom is 0.484 e. The largest absolute Gasteiger partial charge is 0.484 e. The molecular weight excluding hydrogens is 305 g/mol. The maximum absolute atomic E-state index is 12.5. The van der Waals surface area contributed by atoms with E-state index in [1.807, 2.05) is 20.8 Å². The second-order valence-electron chi connectivity index (χ2n) is 9.34. The smallest absolute Gasteiger partial charge is 0.404 e. The highest BCUT2D eigenvalue weighted by Gasteiger charge is 2.68. The van der Waals surface area contributed by atoms with Crippen molar-refractivity contribution in [1.82, 2.24) is 5.32 Å². The molecule has 4 rings (SSSR count). The molecule has 0 aromatic heterocycles. The van der Waals surface area contributed by atoms with E-state index < -0.39 is 18.5 Å². The molecule has 4 fully saturated rings. The Balaban J connectivity index is 1.71. The van der Waals surface area contributed by atoms with E-state index in [1.165, 1.54) is 6.42 Å². The van der Waals surface area contributed by atoms with Gasteiger partial charge in [0.15, 0.2) is 0 Å². The Bertz CT molecular complexity index is 523. The summed E-state index contributed by atoms with van der Waals surface area (Å²) in [6.07, 6.45) is 2.99. The van der Waals surface area contributed by atoms with Gasteiger partial charge in [-0.1, -0.05) is 34.6 Å². The summed E-state index contributed by atoms with van der Waals surface area (Å²) in [4.78, 5) is 12.5. The van der Waals surface area contributed by atoms with E-state index in [1.54, 1.807) is 0 Å². The third-order valence-electron chi connectivity index (χ3n) is 7.31. The number of aliphatic hydroxyl groups excluding tert-OH is 1. The molecule has 136 valence electrons. The van der Waals surface area contributed by atoms with Crippen LogP contribution in [0.25, 0.3) is 0 Å². The quantitative estimate of drug-likeness (QED) is 0.755. The number of hydrogen-bond acceptors (Lipinski definition) is 4. The Labute approximate surface area is 146 Å². The van der Waals surface area contributed by atoms with Crippen molar-refractivity contribution in [2.45, 2.75) is 78.5 Å². The molecule has 0 aromatic rings. The van der Waals surface area contributed by atoms with E-state index in [2.05, 4.69) is 26.1 Å². The first-order valence-corrected chi connectivity index (χ1v) is 9.31. The van der Waals surface area contributed by atoms with Crippen molar-refractivity contribution in [3.05, 3.63) is 0 Å². The van der Waals surface area contributed by atoms with E-state index in [4.69, 9.17) is 9.31 Å². The lowest BCUT2D eigenvalue weighted by molar-refractivity contribution is -0.199. The fourth-order valence-corrected chi connectivity index (χ4v) is 4.80. The molecule has 0 aromatic carbocycles. The Kier molecular flexibility index (Phi) is 4.34. The van der Waals surface area contributed by atoms with Crippen LogP contribution >= 0.6 is 0 Å². The minimum absolute atomic E-state index is 0.0596. The van der Waals surface area contributed by atoms with E-state index >= 15 is 0 Å². The van der Waals surface area contributed by atoms with Crippen LogP contribution in [0.3, 0.4) is 0 Å². The van der Waals surface area contributed by atoms with Crippen molar-refractivity contribution in [2.75, 3.05) is 6.61 Å². The van der Waals surface area contributed by atoms with Crippen molar-refractivity contribution in [3.8, 4) is 0 Å². The van der Waals surface area contributed by atoms with Gasteiger partial charge in [-0.25, -0.2) is 0 Å². The van der Waals surface area contributed by atoms with Crippen LogP contribution in [-0.4, -0.2) is 42.4 Å². The topological polar surface area (TPSA) is 67.8 Å². The molecule has 5 atom stereocenters. The van der Waals surface area contributed by atoms with Crippen molar-refractivity contribution in [1.29, 1.82) is 0 Å². The van der Waals surface area contributed by atoms with Gasteiger partial charge in [-0.15, -0.1) is 0 Å².